The molecule has 0 saturated heterocycles. The highest BCUT2D eigenvalue weighted by molar-refractivity contribution is 6.30. The van der Waals surface area contributed by atoms with Gasteiger partial charge in [0.15, 0.2) is 0 Å². The molecular weight excluding hydrogens is 239 g/mol. The van der Waals surface area contributed by atoms with E-state index in [0.717, 1.165) is 24.8 Å². The normalized spacial score (nSPS) is 14.6. The van der Waals surface area contributed by atoms with E-state index in [1.165, 1.54) is 6.07 Å². The first-order valence-corrected chi connectivity index (χ1v) is 6.34. The highest BCUT2D eigenvalue weighted by atomic mass is 35.5. The minimum atomic E-state index is -0.380. The van der Waals surface area contributed by atoms with Gasteiger partial charge in [-0.15, -0.1) is 0 Å². The second-order valence-electron chi connectivity index (χ2n) is 4.57. The number of hydrazine groups is 1. The summed E-state index contributed by atoms with van der Waals surface area (Å²) in [5.41, 5.74) is 3.82. The summed E-state index contributed by atoms with van der Waals surface area (Å²) in [5, 5.41) is 0.168. The van der Waals surface area contributed by atoms with Crippen LogP contribution in [0.15, 0.2) is 18.2 Å². The van der Waals surface area contributed by atoms with E-state index in [4.69, 9.17) is 17.4 Å². The van der Waals surface area contributed by atoms with Crippen molar-refractivity contribution in [1.82, 2.24) is 5.43 Å². The first-order chi connectivity index (χ1) is 8.06. The lowest BCUT2D eigenvalue weighted by molar-refractivity contribution is 0.396. The molecule has 0 heterocycles. The zero-order valence-electron chi connectivity index (χ0n) is 10.3. The molecule has 1 aromatic rings. The van der Waals surface area contributed by atoms with Gasteiger partial charge in [0, 0.05) is 6.04 Å². The molecule has 0 aliphatic heterocycles. The Hall–Kier alpha value is -0.640. The maximum Gasteiger partial charge on any atom is 0.141 e. The van der Waals surface area contributed by atoms with Crippen LogP contribution in [0, 0.1) is 11.7 Å². The molecule has 0 aliphatic rings. The van der Waals surface area contributed by atoms with E-state index in [9.17, 15) is 4.39 Å². The second-order valence-corrected chi connectivity index (χ2v) is 4.97. The Morgan fingerprint density at radius 2 is 2.18 bits per heavy atom. The van der Waals surface area contributed by atoms with Gasteiger partial charge < -0.3 is 0 Å². The summed E-state index contributed by atoms with van der Waals surface area (Å²) in [7, 11) is 0. The predicted molar refractivity (Wildman–Crippen MR) is 70.3 cm³/mol. The Morgan fingerprint density at radius 3 is 2.71 bits per heavy atom. The van der Waals surface area contributed by atoms with Crippen LogP contribution in [0.4, 0.5) is 4.39 Å². The number of nitrogens with two attached hydrogens (primary N) is 1. The number of rotatable bonds is 6. The van der Waals surface area contributed by atoms with Crippen LogP contribution in [0.2, 0.25) is 5.02 Å². The van der Waals surface area contributed by atoms with Gasteiger partial charge in [-0.1, -0.05) is 37.9 Å². The monoisotopic (exact) mass is 258 g/mol. The number of nitrogens with one attached hydrogen (secondary N) is 1. The van der Waals surface area contributed by atoms with Crippen molar-refractivity contribution < 1.29 is 4.39 Å². The van der Waals surface area contributed by atoms with Crippen LogP contribution in [0.3, 0.4) is 0 Å². The summed E-state index contributed by atoms with van der Waals surface area (Å²) in [6.45, 7) is 4.36. The van der Waals surface area contributed by atoms with Crippen LogP contribution < -0.4 is 11.3 Å². The molecule has 0 bridgehead atoms. The molecule has 96 valence electrons. The average Bonchev–Trinajstić information content (AvgIpc) is 2.32. The smallest absolute Gasteiger partial charge is 0.141 e. The van der Waals surface area contributed by atoms with E-state index in [0.29, 0.717) is 5.92 Å². The van der Waals surface area contributed by atoms with Gasteiger partial charge in [-0.2, -0.15) is 0 Å². The van der Waals surface area contributed by atoms with Crippen molar-refractivity contribution in [2.75, 3.05) is 0 Å². The zero-order valence-corrected chi connectivity index (χ0v) is 11.1. The van der Waals surface area contributed by atoms with Crippen molar-refractivity contribution in [2.24, 2.45) is 11.8 Å². The van der Waals surface area contributed by atoms with Crippen molar-refractivity contribution in [3.05, 3.63) is 34.6 Å². The van der Waals surface area contributed by atoms with E-state index in [1.54, 1.807) is 12.1 Å². The highest BCUT2D eigenvalue weighted by Gasteiger charge is 2.12. The largest absolute Gasteiger partial charge is 0.271 e. The lowest BCUT2D eigenvalue weighted by Gasteiger charge is -2.19. The molecule has 0 amide bonds. The van der Waals surface area contributed by atoms with Crippen LogP contribution >= 0.6 is 11.6 Å². The number of hydrogen-bond acceptors (Lipinski definition) is 2. The molecule has 0 saturated carbocycles. The Kier molecular flexibility index (Phi) is 5.89. The molecule has 1 aromatic carbocycles. The summed E-state index contributed by atoms with van der Waals surface area (Å²) in [5.74, 6) is 5.77. The first-order valence-electron chi connectivity index (χ1n) is 5.96. The maximum absolute atomic E-state index is 13.0. The Labute approximate surface area is 107 Å². The van der Waals surface area contributed by atoms with Crippen molar-refractivity contribution in [3.8, 4) is 0 Å². The molecule has 0 aliphatic carbocycles. The molecular formula is C13H20ClFN2. The molecule has 2 nitrogen and oxygen atoms in total. The fourth-order valence-electron chi connectivity index (χ4n) is 1.81. The number of benzene rings is 1. The molecule has 0 fully saturated rings. The maximum atomic E-state index is 13.0. The van der Waals surface area contributed by atoms with Crippen LogP contribution in [0.5, 0.6) is 0 Å². The second kappa shape index (κ2) is 6.94. The standard InChI is InChI=1S/C13H20ClFN2/c1-3-9(2)6-11(17-16)7-10-4-5-13(15)12(14)8-10/h4-5,8-9,11,17H,3,6-7,16H2,1-2H3. The molecule has 0 spiro atoms. The van der Waals surface area contributed by atoms with Gasteiger partial charge in [-0.05, 0) is 36.5 Å². The van der Waals surface area contributed by atoms with Gasteiger partial charge in [0.25, 0.3) is 0 Å². The van der Waals surface area contributed by atoms with Crippen molar-refractivity contribution in [2.45, 2.75) is 39.2 Å². The third-order valence-corrected chi connectivity index (χ3v) is 3.38. The zero-order chi connectivity index (χ0) is 12.8. The predicted octanol–water partition coefficient (Wildman–Crippen LogP) is 3.29. The van der Waals surface area contributed by atoms with Crippen molar-refractivity contribution in [3.63, 3.8) is 0 Å². The van der Waals surface area contributed by atoms with Gasteiger partial charge >= 0.3 is 0 Å². The minimum absolute atomic E-state index is 0.168. The Balaban J connectivity index is 2.63. The number of hydrogen-bond donors (Lipinski definition) is 2. The Morgan fingerprint density at radius 1 is 1.47 bits per heavy atom. The summed E-state index contributed by atoms with van der Waals surface area (Å²) in [6, 6.07) is 5.01. The van der Waals surface area contributed by atoms with Gasteiger partial charge in [0.05, 0.1) is 5.02 Å². The van der Waals surface area contributed by atoms with Gasteiger partial charge in [0.1, 0.15) is 5.82 Å². The molecule has 2 atom stereocenters. The molecule has 4 heteroatoms. The summed E-state index contributed by atoms with van der Waals surface area (Å²) >= 11 is 5.75. The van der Waals surface area contributed by atoms with E-state index < -0.39 is 0 Å². The fraction of sp³-hybridized carbons (Fsp3) is 0.538. The summed E-state index contributed by atoms with van der Waals surface area (Å²) in [4.78, 5) is 0. The highest BCUT2D eigenvalue weighted by Crippen LogP contribution is 2.19. The van der Waals surface area contributed by atoms with E-state index in [-0.39, 0.29) is 16.9 Å². The SMILES string of the molecule is CCC(C)CC(Cc1ccc(F)c(Cl)c1)NN. The van der Waals surface area contributed by atoms with E-state index in [1.807, 2.05) is 0 Å². The third kappa shape index (κ3) is 4.62. The molecule has 3 N–H and O–H groups in total. The molecule has 17 heavy (non-hydrogen) atoms. The molecule has 1 rings (SSSR count). The molecule has 2 unspecified atom stereocenters. The van der Waals surface area contributed by atoms with Crippen LogP contribution in [-0.4, -0.2) is 6.04 Å². The molecule has 0 radical (unpaired) electrons. The summed E-state index contributed by atoms with van der Waals surface area (Å²) in [6.07, 6.45) is 2.89. The minimum Gasteiger partial charge on any atom is -0.271 e. The first kappa shape index (κ1) is 14.4. The van der Waals surface area contributed by atoms with Crippen molar-refractivity contribution >= 4 is 11.6 Å². The quantitative estimate of drug-likeness (QED) is 0.607. The fourth-order valence-corrected chi connectivity index (χ4v) is 2.02. The van der Waals surface area contributed by atoms with E-state index in [2.05, 4.69) is 19.3 Å². The van der Waals surface area contributed by atoms with Crippen LogP contribution in [0.1, 0.15) is 32.3 Å². The number of halogens is 2. The van der Waals surface area contributed by atoms with Gasteiger partial charge in [-0.25, -0.2) is 4.39 Å². The third-order valence-electron chi connectivity index (χ3n) is 3.09. The van der Waals surface area contributed by atoms with Crippen LogP contribution in [-0.2, 0) is 6.42 Å². The molecule has 0 aromatic heterocycles. The van der Waals surface area contributed by atoms with E-state index >= 15 is 0 Å². The summed E-state index contributed by atoms with van der Waals surface area (Å²) < 4.78 is 13.0. The van der Waals surface area contributed by atoms with Crippen LogP contribution in [0.25, 0.3) is 0 Å². The Bertz CT molecular complexity index is 357. The topological polar surface area (TPSA) is 38.0 Å². The van der Waals surface area contributed by atoms with Crippen molar-refractivity contribution in [1.29, 1.82) is 0 Å². The lowest BCUT2D eigenvalue weighted by atomic mass is 9.95. The van der Waals surface area contributed by atoms with Gasteiger partial charge in [0.2, 0.25) is 0 Å². The average molecular weight is 259 g/mol. The lowest BCUT2D eigenvalue weighted by Crippen LogP contribution is -2.38. The van der Waals surface area contributed by atoms with Gasteiger partial charge in [-0.3, -0.25) is 11.3 Å².